The summed E-state index contributed by atoms with van der Waals surface area (Å²) in [7, 11) is 3.72. The summed E-state index contributed by atoms with van der Waals surface area (Å²) in [6, 6.07) is 14.2. The van der Waals surface area contributed by atoms with E-state index in [1.54, 1.807) is 23.4 Å². The zero-order valence-electron chi connectivity index (χ0n) is 23.5. The van der Waals surface area contributed by atoms with E-state index in [9.17, 15) is 9.18 Å². The number of aromatic nitrogens is 4. The van der Waals surface area contributed by atoms with Crippen LogP contribution in [0.2, 0.25) is 5.02 Å². The number of urea groups is 1. The number of anilines is 2. The summed E-state index contributed by atoms with van der Waals surface area (Å²) in [5, 5.41) is 7.19. The molecule has 1 saturated carbocycles. The Bertz CT molecular complexity index is 1470. The van der Waals surface area contributed by atoms with Gasteiger partial charge in [0.1, 0.15) is 5.82 Å². The molecular weight excluding hydrogens is 543 g/mol. The molecule has 5 rings (SSSR count). The maximum atomic E-state index is 13.4. The summed E-state index contributed by atoms with van der Waals surface area (Å²) in [5.41, 5.74) is 3.15. The molecule has 0 bridgehead atoms. The minimum absolute atomic E-state index is 0.0545. The molecule has 0 saturated heterocycles. The average molecular weight is 579 g/mol. The molecule has 0 spiro atoms. The molecule has 1 fully saturated rings. The smallest absolute Gasteiger partial charge is 0.317 e. The van der Waals surface area contributed by atoms with Crippen LogP contribution in [-0.2, 0) is 13.1 Å². The van der Waals surface area contributed by atoms with Crippen LogP contribution in [0.5, 0.6) is 0 Å². The van der Waals surface area contributed by atoms with E-state index in [0.29, 0.717) is 54.1 Å². The Morgan fingerprint density at radius 3 is 2.56 bits per heavy atom. The second-order valence-corrected chi connectivity index (χ2v) is 11.0. The SMILES string of the molecule is CN(CCN(C)c1nc(NCc2ccc(F)cc2)c2ncn(Cc3ccccc3Cl)c2n1)C(=O)NC1CCCCC1. The van der Waals surface area contributed by atoms with Crippen molar-refractivity contribution in [3.63, 3.8) is 0 Å². The monoisotopic (exact) mass is 578 g/mol. The number of carbonyl (C=O) groups is 1. The summed E-state index contributed by atoms with van der Waals surface area (Å²) in [6.45, 7) is 1.98. The number of hydrogen-bond acceptors (Lipinski definition) is 6. The van der Waals surface area contributed by atoms with Crippen LogP contribution in [0.4, 0.5) is 21.0 Å². The highest BCUT2D eigenvalue weighted by molar-refractivity contribution is 6.31. The largest absolute Gasteiger partial charge is 0.364 e. The standard InChI is InChI=1S/C30H36ClFN8O/c1-38(16-17-39(2)30(41)35-24-9-4-3-5-10-24)29-36-27(33-18-21-12-14-23(32)15-13-21)26-28(37-29)40(20-34-26)19-22-8-6-7-11-25(22)31/h6-8,11-15,20,24H,3-5,9-10,16-19H2,1-2H3,(H,35,41)(H,33,36,37). The number of hydrogen-bond donors (Lipinski definition) is 2. The zero-order valence-corrected chi connectivity index (χ0v) is 24.2. The van der Waals surface area contributed by atoms with E-state index in [-0.39, 0.29) is 17.9 Å². The Morgan fingerprint density at radius 2 is 1.80 bits per heavy atom. The number of carbonyl (C=O) groups excluding carboxylic acids is 1. The number of amides is 2. The third kappa shape index (κ3) is 7.24. The fourth-order valence-electron chi connectivity index (χ4n) is 4.97. The first kappa shape index (κ1) is 28.6. The molecule has 0 aliphatic heterocycles. The number of halogens is 2. The summed E-state index contributed by atoms with van der Waals surface area (Å²) < 4.78 is 15.4. The van der Waals surface area contributed by atoms with Crippen molar-refractivity contribution < 1.29 is 9.18 Å². The molecule has 1 aliphatic rings. The first-order chi connectivity index (χ1) is 19.9. The van der Waals surface area contributed by atoms with Gasteiger partial charge in [0.2, 0.25) is 5.95 Å². The molecule has 9 nitrogen and oxygen atoms in total. The summed E-state index contributed by atoms with van der Waals surface area (Å²) in [6.07, 6.45) is 7.41. The number of likely N-dealkylation sites (N-methyl/N-ethyl adjacent to an activating group) is 2. The van der Waals surface area contributed by atoms with Gasteiger partial charge >= 0.3 is 6.03 Å². The van der Waals surface area contributed by atoms with Crippen LogP contribution in [0.25, 0.3) is 11.2 Å². The molecule has 0 radical (unpaired) electrons. The normalized spacial score (nSPS) is 13.8. The number of benzene rings is 2. The lowest BCUT2D eigenvalue weighted by Gasteiger charge is -2.27. The molecule has 11 heteroatoms. The van der Waals surface area contributed by atoms with Gasteiger partial charge in [-0.25, -0.2) is 14.2 Å². The highest BCUT2D eigenvalue weighted by atomic mass is 35.5. The lowest BCUT2D eigenvalue weighted by atomic mass is 9.96. The van der Waals surface area contributed by atoms with E-state index < -0.39 is 0 Å². The first-order valence-electron chi connectivity index (χ1n) is 14.0. The Hall–Kier alpha value is -3.92. The predicted octanol–water partition coefficient (Wildman–Crippen LogP) is 5.69. The quantitative estimate of drug-likeness (QED) is 0.251. The lowest BCUT2D eigenvalue weighted by molar-refractivity contribution is 0.201. The minimum Gasteiger partial charge on any atom is -0.364 e. The highest BCUT2D eigenvalue weighted by Gasteiger charge is 2.20. The van der Waals surface area contributed by atoms with Gasteiger partial charge in [0.15, 0.2) is 17.0 Å². The molecule has 0 unspecified atom stereocenters. The third-order valence-electron chi connectivity index (χ3n) is 7.52. The van der Waals surface area contributed by atoms with E-state index in [0.717, 1.165) is 24.0 Å². The Morgan fingerprint density at radius 1 is 1.05 bits per heavy atom. The summed E-state index contributed by atoms with van der Waals surface area (Å²) >= 11 is 6.44. The molecular formula is C30H36ClFN8O. The first-order valence-corrected chi connectivity index (χ1v) is 14.4. The van der Waals surface area contributed by atoms with Gasteiger partial charge in [-0.05, 0) is 42.2 Å². The predicted molar refractivity (Wildman–Crippen MR) is 161 cm³/mol. The minimum atomic E-state index is -0.280. The maximum absolute atomic E-state index is 13.4. The van der Waals surface area contributed by atoms with E-state index in [4.69, 9.17) is 21.6 Å². The maximum Gasteiger partial charge on any atom is 0.317 e. The van der Waals surface area contributed by atoms with Crippen molar-refractivity contribution in [3.05, 3.63) is 76.8 Å². The number of fused-ring (bicyclic) bond motifs is 1. The summed E-state index contributed by atoms with van der Waals surface area (Å²) in [4.78, 5) is 30.7. The fraction of sp³-hybridized carbons (Fsp3) is 0.400. The molecule has 41 heavy (non-hydrogen) atoms. The second kappa shape index (κ2) is 13.2. The van der Waals surface area contributed by atoms with Crippen LogP contribution < -0.4 is 15.5 Å². The van der Waals surface area contributed by atoms with Crippen LogP contribution in [0.3, 0.4) is 0 Å². The van der Waals surface area contributed by atoms with Crippen LogP contribution in [-0.4, -0.2) is 63.7 Å². The van der Waals surface area contributed by atoms with Crippen molar-refractivity contribution in [1.29, 1.82) is 0 Å². The molecule has 2 heterocycles. The van der Waals surface area contributed by atoms with Gasteiger partial charge in [0.05, 0.1) is 12.9 Å². The van der Waals surface area contributed by atoms with Gasteiger partial charge in [0, 0.05) is 44.8 Å². The lowest BCUT2D eigenvalue weighted by Crippen LogP contribution is -2.45. The molecule has 2 aromatic heterocycles. The topological polar surface area (TPSA) is 91.2 Å². The van der Waals surface area contributed by atoms with Gasteiger partial charge in [-0.1, -0.05) is 61.2 Å². The van der Waals surface area contributed by atoms with Crippen molar-refractivity contribution >= 4 is 40.6 Å². The van der Waals surface area contributed by atoms with Crippen molar-refractivity contribution in [3.8, 4) is 0 Å². The van der Waals surface area contributed by atoms with Crippen molar-refractivity contribution in [2.24, 2.45) is 0 Å². The van der Waals surface area contributed by atoms with Crippen molar-refractivity contribution in [2.45, 2.75) is 51.2 Å². The van der Waals surface area contributed by atoms with Gasteiger partial charge in [0.25, 0.3) is 0 Å². The summed E-state index contributed by atoms with van der Waals surface area (Å²) in [5.74, 6) is 0.793. The van der Waals surface area contributed by atoms with E-state index in [1.165, 1.54) is 31.4 Å². The van der Waals surface area contributed by atoms with Crippen LogP contribution in [0, 0.1) is 5.82 Å². The molecule has 4 aromatic rings. The van der Waals surface area contributed by atoms with Crippen LogP contribution >= 0.6 is 11.6 Å². The van der Waals surface area contributed by atoms with Gasteiger partial charge in [-0.3, -0.25) is 0 Å². The van der Waals surface area contributed by atoms with Crippen LogP contribution in [0.1, 0.15) is 43.2 Å². The molecule has 2 amide bonds. The molecule has 2 aromatic carbocycles. The second-order valence-electron chi connectivity index (χ2n) is 10.6. The van der Waals surface area contributed by atoms with Gasteiger partial charge in [-0.2, -0.15) is 9.97 Å². The van der Waals surface area contributed by atoms with Gasteiger partial charge in [-0.15, -0.1) is 0 Å². The van der Waals surface area contributed by atoms with Crippen LogP contribution in [0.15, 0.2) is 54.9 Å². The van der Waals surface area contributed by atoms with Gasteiger partial charge < -0.3 is 25.0 Å². The Kier molecular flexibility index (Phi) is 9.18. The average Bonchev–Trinajstić information content (AvgIpc) is 3.39. The Balaban J connectivity index is 1.35. The van der Waals surface area contributed by atoms with E-state index in [2.05, 4.69) is 15.6 Å². The third-order valence-corrected chi connectivity index (χ3v) is 7.88. The van der Waals surface area contributed by atoms with E-state index in [1.807, 2.05) is 47.8 Å². The van der Waals surface area contributed by atoms with E-state index >= 15 is 0 Å². The number of rotatable bonds is 10. The molecule has 2 N–H and O–H groups in total. The molecule has 216 valence electrons. The molecule has 1 aliphatic carbocycles. The fourth-order valence-corrected chi connectivity index (χ4v) is 5.17. The Labute approximate surface area is 244 Å². The number of nitrogens with zero attached hydrogens (tertiary/aromatic N) is 6. The highest BCUT2D eigenvalue weighted by Crippen LogP contribution is 2.25. The number of nitrogens with one attached hydrogen (secondary N) is 2. The number of imidazole rings is 1. The van der Waals surface area contributed by atoms with Crippen molar-refractivity contribution in [2.75, 3.05) is 37.4 Å². The van der Waals surface area contributed by atoms with Crippen molar-refractivity contribution in [1.82, 2.24) is 29.7 Å². The zero-order chi connectivity index (χ0) is 28.8. The molecule has 0 atom stereocenters.